The Labute approximate surface area is 202 Å². The second-order valence-corrected chi connectivity index (χ2v) is 8.93. The molecule has 34 heavy (non-hydrogen) atoms. The maximum absolute atomic E-state index is 13.8. The minimum Gasteiger partial charge on any atom is -0.350 e. The number of benzene rings is 3. The highest BCUT2D eigenvalue weighted by atomic mass is 35.5. The Morgan fingerprint density at radius 1 is 1.00 bits per heavy atom. The van der Waals surface area contributed by atoms with Crippen molar-refractivity contribution in [3.05, 3.63) is 107 Å². The van der Waals surface area contributed by atoms with Crippen molar-refractivity contribution in [2.75, 3.05) is 4.90 Å². The number of nitrogens with one attached hydrogen (secondary N) is 1. The smallest absolute Gasteiger partial charge is 0.277 e. The van der Waals surface area contributed by atoms with Gasteiger partial charge in [0, 0.05) is 22.8 Å². The molecule has 1 atom stereocenters. The molecular weight excluding hydrogens is 448 g/mol. The Balaban J connectivity index is 1.54. The lowest BCUT2D eigenvalue weighted by atomic mass is 9.93. The fourth-order valence-corrected chi connectivity index (χ4v) is 4.42. The summed E-state index contributed by atoms with van der Waals surface area (Å²) in [4.78, 5) is 28.9. The number of nitrogens with zero attached hydrogens (tertiary/aromatic N) is 3. The third-order valence-corrected chi connectivity index (χ3v) is 6.34. The van der Waals surface area contributed by atoms with Gasteiger partial charge in [-0.2, -0.15) is 5.10 Å². The van der Waals surface area contributed by atoms with Crippen molar-refractivity contribution < 1.29 is 9.59 Å². The summed E-state index contributed by atoms with van der Waals surface area (Å²) in [6.45, 7) is 2.34. The van der Waals surface area contributed by atoms with Gasteiger partial charge in [-0.05, 0) is 42.8 Å². The van der Waals surface area contributed by atoms with Crippen LogP contribution in [0.15, 0.2) is 91.0 Å². The quantitative estimate of drug-likeness (QED) is 0.449. The van der Waals surface area contributed by atoms with Crippen LogP contribution >= 0.6 is 11.6 Å². The summed E-state index contributed by atoms with van der Waals surface area (Å²) in [5, 5.41) is 8.24. The summed E-state index contributed by atoms with van der Waals surface area (Å²) >= 11 is 6.09. The first-order valence-electron chi connectivity index (χ1n) is 11.0. The van der Waals surface area contributed by atoms with Crippen LogP contribution < -0.4 is 10.2 Å². The predicted octanol–water partition coefficient (Wildman–Crippen LogP) is 4.94. The first-order valence-corrected chi connectivity index (χ1v) is 11.4. The molecule has 0 fully saturated rings. The lowest BCUT2D eigenvalue weighted by molar-refractivity contribution is -0.126. The Kier molecular flexibility index (Phi) is 5.67. The molecule has 1 aromatic heterocycles. The molecule has 2 amide bonds. The number of hydrogen-bond acceptors (Lipinski definition) is 3. The van der Waals surface area contributed by atoms with E-state index in [9.17, 15) is 9.59 Å². The van der Waals surface area contributed by atoms with E-state index in [1.165, 1.54) is 0 Å². The zero-order valence-electron chi connectivity index (χ0n) is 18.6. The number of halogens is 1. The predicted molar refractivity (Wildman–Crippen MR) is 133 cm³/mol. The number of rotatable bonds is 5. The molecule has 4 aromatic rings. The van der Waals surface area contributed by atoms with Gasteiger partial charge in [0.2, 0.25) is 5.91 Å². The van der Waals surface area contributed by atoms with E-state index in [1.54, 1.807) is 46.8 Å². The van der Waals surface area contributed by atoms with Crippen LogP contribution in [0.1, 0.15) is 23.0 Å². The summed E-state index contributed by atoms with van der Waals surface area (Å²) in [5.41, 5.74) is 2.40. The normalized spacial score (nSPS) is 17.4. The second-order valence-electron chi connectivity index (χ2n) is 8.50. The van der Waals surface area contributed by atoms with E-state index in [4.69, 9.17) is 11.6 Å². The van der Waals surface area contributed by atoms with E-state index in [-0.39, 0.29) is 18.4 Å². The van der Waals surface area contributed by atoms with Crippen molar-refractivity contribution in [1.29, 1.82) is 0 Å². The molecule has 0 saturated carbocycles. The fourth-order valence-electron chi connectivity index (χ4n) is 4.29. The van der Waals surface area contributed by atoms with E-state index in [1.807, 2.05) is 60.7 Å². The number of hydrogen-bond donors (Lipinski definition) is 1. The van der Waals surface area contributed by atoms with Crippen molar-refractivity contribution >= 4 is 29.1 Å². The van der Waals surface area contributed by atoms with Crippen LogP contribution in [0.4, 0.5) is 5.69 Å². The molecule has 0 aliphatic carbocycles. The number of anilines is 1. The fraction of sp³-hybridized carbons (Fsp3) is 0.148. The minimum absolute atomic E-state index is 0.212. The lowest BCUT2D eigenvalue weighted by Crippen LogP contribution is -2.64. The number of carbonyl (C=O) groups excluding carboxylic acids is 2. The zero-order valence-corrected chi connectivity index (χ0v) is 19.4. The van der Waals surface area contributed by atoms with Crippen LogP contribution in [0, 0.1) is 0 Å². The lowest BCUT2D eigenvalue weighted by Gasteiger charge is -2.43. The first-order chi connectivity index (χ1) is 16.5. The van der Waals surface area contributed by atoms with Gasteiger partial charge in [-0.25, -0.2) is 0 Å². The van der Waals surface area contributed by atoms with Crippen molar-refractivity contribution in [1.82, 2.24) is 15.1 Å². The van der Waals surface area contributed by atoms with Crippen LogP contribution in [0.2, 0.25) is 5.02 Å². The second kappa shape index (κ2) is 8.80. The molecule has 3 aromatic carbocycles. The van der Waals surface area contributed by atoms with Crippen molar-refractivity contribution in [3.8, 4) is 11.3 Å². The average molecular weight is 471 g/mol. The largest absolute Gasteiger partial charge is 0.350 e. The molecule has 7 heteroatoms. The van der Waals surface area contributed by atoms with E-state index < -0.39 is 5.54 Å². The van der Waals surface area contributed by atoms with E-state index in [2.05, 4.69) is 10.4 Å². The maximum Gasteiger partial charge on any atom is 0.277 e. The summed E-state index contributed by atoms with van der Waals surface area (Å²) < 4.78 is 1.64. The van der Waals surface area contributed by atoms with Gasteiger partial charge in [0.1, 0.15) is 11.2 Å². The number of fused-ring (bicyclic) bond motifs is 1. The molecule has 0 spiro atoms. The van der Waals surface area contributed by atoms with Gasteiger partial charge in [0.25, 0.3) is 5.91 Å². The van der Waals surface area contributed by atoms with Gasteiger partial charge >= 0.3 is 0 Å². The molecule has 0 radical (unpaired) electrons. The number of aromatic nitrogens is 2. The SMILES string of the molecule is C[C@]1(C(=O)NCc2ccccc2)Cn2nc(-c3ccccc3)cc2C(=O)N1c1ccc(Cl)cc1. The van der Waals surface area contributed by atoms with Gasteiger partial charge in [-0.1, -0.05) is 72.3 Å². The Morgan fingerprint density at radius 3 is 2.32 bits per heavy atom. The summed E-state index contributed by atoms with van der Waals surface area (Å²) in [5.74, 6) is -0.553. The molecule has 0 saturated heterocycles. The highest BCUT2D eigenvalue weighted by Crippen LogP contribution is 2.34. The number of carbonyl (C=O) groups is 2. The molecule has 1 N–H and O–H groups in total. The molecule has 6 nitrogen and oxygen atoms in total. The monoisotopic (exact) mass is 470 g/mol. The maximum atomic E-state index is 13.8. The van der Waals surface area contributed by atoms with Crippen molar-refractivity contribution in [2.45, 2.75) is 25.6 Å². The molecule has 170 valence electrons. The standard InChI is InChI=1S/C27H23ClN4O2/c1-27(26(34)29-17-19-8-4-2-5-9-19)18-31-24(16-23(30-31)20-10-6-3-7-11-20)25(33)32(27)22-14-12-21(28)13-15-22/h2-16H,17-18H2,1H3,(H,29,34)/t27-/m1/s1. The van der Waals surface area contributed by atoms with Gasteiger partial charge in [0.05, 0.1) is 12.2 Å². The van der Waals surface area contributed by atoms with Crippen LogP contribution in [-0.2, 0) is 17.9 Å². The van der Waals surface area contributed by atoms with Crippen LogP contribution in [0.25, 0.3) is 11.3 Å². The molecule has 0 bridgehead atoms. The first kappa shape index (κ1) is 21.9. The van der Waals surface area contributed by atoms with E-state index in [0.29, 0.717) is 28.6 Å². The summed E-state index contributed by atoms with van der Waals surface area (Å²) in [6.07, 6.45) is 0. The molecule has 5 rings (SSSR count). The van der Waals surface area contributed by atoms with Crippen molar-refractivity contribution in [2.24, 2.45) is 0 Å². The topological polar surface area (TPSA) is 67.2 Å². The highest BCUT2D eigenvalue weighted by Gasteiger charge is 2.48. The van der Waals surface area contributed by atoms with Gasteiger partial charge < -0.3 is 5.32 Å². The molecule has 1 aliphatic heterocycles. The van der Waals surface area contributed by atoms with Crippen LogP contribution in [0.3, 0.4) is 0 Å². The van der Waals surface area contributed by atoms with E-state index in [0.717, 1.165) is 11.1 Å². The van der Waals surface area contributed by atoms with Crippen molar-refractivity contribution in [3.63, 3.8) is 0 Å². The highest BCUT2D eigenvalue weighted by molar-refractivity contribution is 6.30. The molecule has 2 heterocycles. The third kappa shape index (κ3) is 3.97. The Morgan fingerprint density at radius 2 is 1.65 bits per heavy atom. The van der Waals surface area contributed by atoms with Crippen LogP contribution in [-0.4, -0.2) is 27.1 Å². The van der Waals surface area contributed by atoms with Gasteiger partial charge in [-0.3, -0.25) is 19.2 Å². The van der Waals surface area contributed by atoms with Gasteiger partial charge in [-0.15, -0.1) is 0 Å². The Bertz CT molecular complexity index is 1340. The van der Waals surface area contributed by atoms with Crippen LogP contribution in [0.5, 0.6) is 0 Å². The van der Waals surface area contributed by atoms with Gasteiger partial charge in [0.15, 0.2) is 0 Å². The summed E-state index contributed by atoms with van der Waals surface area (Å²) in [6, 6.07) is 28.1. The molecule has 1 aliphatic rings. The average Bonchev–Trinajstić information content (AvgIpc) is 3.29. The minimum atomic E-state index is -1.20. The summed E-state index contributed by atoms with van der Waals surface area (Å²) in [7, 11) is 0. The molecular formula is C27H23ClN4O2. The zero-order chi connectivity index (χ0) is 23.7. The molecule has 0 unspecified atom stereocenters. The van der Waals surface area contributed by atoms with E-state index >= 15 is 0 Å². The Hall–Kier alpha value is -3.90. The third-order valence-electron chi connectivity index (χ3n) is 6.09. The number of amides is 2.